The minimum Gasteiger partial charge on any atom is -0.360 e. The quantitative estimate of drug-likeness (QED) is 0.883. The van der Waals surface area contributed by atoms with Gasteiger partial charge >= 0.3 is 0 Å². The molecule has 2 aromatic rings. The van der Waals surface area contributed by atoms with Crippen molar-refractivity contribution in [2.45, 2.75) is 6.54 Å². The van der Waals surface area contributed by atoms with E-state index < -0.39 is 0 Å². The second-order valence-corrected chi connectivity index (χ2v) is 4.43. The first-order valence-electron chi connectivity index (χ1n) is 4.65. The number of nitrogens with zero attached hydrogens (tertiary/aromatic N) is 2. The van der Waals surface area contributed by atoms with Crippen LogP contribution in [0.1, 0.15) is 16.1 Å². The van der Waals surface area contributed by atoms with E-state index >= 15 is 0 Å². The minimum atomic E-state index is -0.319. The molecule has 0 spiro atoms. The fraction of sp³-hybridized carbons (Fsp3) is 0.100. The lowest BCUT2D eigenvalue weighted by molar-refractivity contribution is 0.0947. The summed E-state index contributed by atoms with van der Waals surface area (Å²) in [7, 11) is 0. The molecule has 7 heteroatoms. The van der Waals surface area contributed by atoms with Crippen molar-refractivity contribution in [2.24, 2.45) is 0 Å². The lowest BCUT2D eigenvalue weighted by Crippen LogP contribution is -2.23. The molecule has 0 radical (unpaired) electrons. The Labute approximate surface area is 110 Å². The van der Waals surface area contributed by atoms with E-state index in [1.165, 1.54) is 12.4 Å². The van der Waals surface area contributed by atoms with Gasteiger partial charge in [0.15, 0.2) is 5.76 Å². The van der Waals surface area contributed by atoms with Crippen LogP contribution in [-0.2, 0) is 6.54 Å². The predicted molar refractivity (Wildman–Crippen MR) is 64.6 cm³/mol. The van der Waals surface area contributed by atoms with Crippen LogP contribution in [0.15, 0.2) is 33.5 Å². The highest BCUT2D eigenvalue weighted by Crippen LogP contribution is 2.17. The minimum absolute atomic E-state index is 0.156. The zero-order valence-corrected chi connectivity index (χ0v) is 10.8. The zero-order chi connectivity index (χ0) is 12.3. The van der Waals surface area contributed by atoms with E-state index in [1.807, 2.05) is 0 Å². The van der Waals surface area contributed by atoms with E-state index in [2.05, 4.69) is 31.4 Å². The highest BCUT2D eigenvalue weighted by molar-refractivity contribution is 9.10. The normalized spacial score (nSPS) is 10.2. The molecule has 88 valence electrons. The average Bonchev–Trinajstić information content (AvgIpc) is 2.82. The van der Waals surface area contributed by atoms with Gasteiger partial charge < -0.3 is 9.84 Å². The fourth-order valence-corrected chi connectivity index (χ4v) is 1.70. The molecule has 0 fully saturated rings. The van der Waals surface area contributed by atoms with Gasteiger partial charge in [0, 0.05) is 16.7 Å². The van der Waals surface area contributed by atoms with Crippen LogP contribution in [-0.4, -0.2) is 16.0 Å². The Morgan fingerprint density at radius 2 is 2.41 bits per heavy atom. The molecular formula is C10H7BrClN3O2. The van der Waals surface area contributed by atoms with E-state index in [1.54, 1.807) is 12.1 Å². The van der Waals surface area contributed by atoms with Crippen molar-refractivity contribution in [1.29, 1.82) is 0 Å². The van der Waals surface area contributed by atoms with Gasteiger partial charge in [-0.05, 0) is 22.0 Å². The number of pyridine rings is 1. The SMILES string of the molecule is O=C(NCc1ccno1)c1cc(Br)cnc1Cl. The summed E-state index contributed by atoms with van der Waals surface area (Å²) in [4.78, 5) is 15.7. The molecule has 0 saturated carbocycles. The molecule has 0 aliphatic heterocycles. The first kappa shape index (κ1) is 12.1. The van der Waals surface area contributed by atoms with Gasteiger partial charge in [-0.3, -0.25) is 4.79 Å². The van der Waals surface area contributed by atoms with Crippen molar-refractivity contribution in [3.8, 4) is 0 Å². The van der Waals surface area contributed by atoms with Gasteiger partial charge in [-0.1, -0.05) is 16.8 Å². The summed E-state index contributed by atoms with van der Waals surface area (Å²) in [6.07, 6.45) is 3.03. The van der Waals surface area contributed by atoms with Crippen molar-refractivity contribution in [3.63, 3.8) is 0 Å². The summed E-state index contributed by atoms with van der Waals surface area (Å²) in [5, 5.41) is 6.34. The molecule has 2 heterocycles. The topological polar surface area (TPSA) is 68.0 Å². The summed E-state index contributed by atoms with van der Waals surface area (Å²) in [5.74, 6) is 0.248. The Hall–Kier alpha value is -1.40. The summed E-state index contributed by atoms with van der Waals surface area (Å²) < 4.78 is 5.54. The molecule has 2 aromatic heterocycles. The third kappa shape index (κ3) is 3.04. The highest BCUT2D eigenvalue weighted by Gasteiger charge is 2.12. The molecule has 5 nitrogen and oxygen atoms in total. The van der Waals surface area contributed by atoms with Gasteiger partial charge in [0.05, 0.1) is 18.3 Å². The summed E-state index contributed by atoms with van der Waals surface area (Å²) in [6, 6.07) is 3.27. The Balaban J connectivity index is 2.07. The summed E-state index contributed by atoms with van der Waals surface area (Å²) >= 11 is 9.05. The number of carbonyl (C=O) groups excluding carboxylic acids is 1. The smallest absolute Gasteiger partial charge is 0.254 e. The molecule has 1 N–H and O–H groups in total. The largest absolute Gasteiger partial charge is 0.360 e. The van der Waals surface area contributed by atoms with Crippen molar-refractivity contribution in [3.05, 3.63) is 45.5 Å². The molecule has 0 atom stereocenters. The Bertz CT molecular complexity index is 530. The number of aromatic nitrogens is 2. The second-order valence-electron chi connectivity index (χ2n) is 3.15. The number of amides is 1. The van der Waals surface area contributed by atoms with Crippen LogP contribution in [0.3, 0.4) is 0 Å². The van der Waals surface area contributed by atoms with Crippen molar-refractivity contribution >= 4 is 33.4 Å². The molecule has 0 aliphatic carbocycles. The summed E-state index contributed by atoms with van der Waals surface area (Å²) in [5.41, 5.74) is 0.306. The van der Waals surface area contributed by atoms with Crippen LogP contribution in [0, 0.1) is 0 Å². The Morgan fingerprint density at radius 1 is 1.59 bits per heavy atom. The van der Waals surface area contributed by atoms with E-state index in [0.717, 1.165) is 0 Å². The van der Waals surface area contributed by atoms with E-state index in [4.69, 9.17) is 16.1 Å². The molecule has 0 bridgehead atoms. The molecule has 17 heavy (non-hydrogen) atoms. The molecule has 0 aliphatic rings. The Kier molecular flexibility index (Phi) is 3.75. The maximum atomic E-state index is 11.8. The van der Waals surface area contributed by atoms with Crippen LogP contribution < -0.4 is 5.32 Å². The lowest BCUT2D eigenvalue weighted by atomic mass is 10.2. The lowest BCUT2D eigenvalue weighted by Gasteiger charge is -2.04. The van der Waals surface area contributed by atoms with Gasteiger partial charge in [-0.2, -0.15) is 0 Å². The number of hydrogen-bond acceptors (Lipinski definition) is 4. The molecule has 1 amide bonds. The van der Waals surface area contributed by atoms with Gasteiger partial charge in [-0.15, -0.1) is 0 Å². The predicted octanol–water partition coefficient (Wildman–Crippen LogP) is 2.42. The Morgan fingerprint density at radius 3 is 3.12 bits per heavy atom. The third-order valence-corrected chi connectivity index (χ3v) is 2.70. The molecule has 0 aromatic carbocycles. The fourth-order valence-electron chi connectivity index (χ4n) is 1.18. The third-order valence-electron chi connectivity index (χ3n) is 1.96. The van der Waals surface area contributed by atoms with Gasteiger partial charge in [0.1, 0.15) is 5.15 Å². The van der Waals surface area contributed by atoms with Gasteiger partial charge in [0.25, 0.3) is 5.91 Å². The number of hydrogen-bond donors (Lipinski definition) is 1. The van der Waals surface area contributed by atoms with Crippen LogP contribution in [0.2, 0.25) is 5.15 Å². The number of halogens is 2. The second kappa shape index (κ2) is 5.29. The molecular weight excluding hydrogens is 309 g/mol. The van der Waals surface area contributed by atoms with Gasteiger partial charge in [-0.25, -0.2) is 4.98 Å². The van der Waals surface area contributed by atoms with Crippen molar-refractivity contribution in [2.75, 3.05) is 0 Å². The zero-order valence-electron chi connectivity index (χ0n) is 8.48. The van der Waals surface area contributed by atoms with Crippen molar-refractivity contribution in [1.82, 2.24) is 15.5 Å². The highest BCUT2D eigenvalue weighted by atomic mass is 79.9. The summed E-state index contributed by atoms with van der Waals surface area (Å²) in [6.45, 7) is 0.252. The molecule has 2 rings (SSSR count). The number of carbonyl (C=O) groups is 1. The standard InChI is InChI=1S/C10H7BrClN3O2/c11-6-3-8(9(12)13-4-6)10(16)14-5-7-1-2-15-17-7/h1-4H,5H2,(H,14,16). The van der Waals surface area contributed by atoms with Gasteiger partial charge in [0.2, 0.25) is 0 Å². The first-order valence-corrected chi connectivity index (χ1v) is 5.82. The molecule has 0 unspecified atom stereocenters. The number of rotatable bonds is 3. The van der Waals surface area contributed by atoms with Crippen LogP contribution in [0.5, 0.6) is 0 Å². The van der Waals surface area contributed by atoms with E-state index in [9.17, 15) is 4.79 Å². The maximum Gasteiger partial charge on any atom is 0.254 e. The average molecular weight is 317 g/mol. The number of nitrogens with one attached hydrogen (secondary N) is 1. The maximum absolute atomic E-state index is 11.8. The van der Waals surface area contributed by atoms with E-state index in [-0.39, 0.29) is 17.6 Å². The van der Waals surface area contributed by atoms with Crippen LogP contribution in [0.25, 0.3) is 0 Å². The monoisotopic (exact) mass is 315 g/mol. The van der Waals surface area contributed by atoms with E-state index in [0.29, 0.717) is 15.8 Å². The van der Waals surface area contributed by atoms with Crippen molar-refractivity contribution < 1.29 is 9.32 Å². The van der Waals surface area contributed by atoms with Crippen LogP contribution >= 0.6 is 27.5 Å². The van der Waals surface area contributed by atoms with Crippen LogP contribution in [0.4, 0.5) is 0 Å². The molecule has 0 saturated heterocycles. The first-order chi connectivity index (χ1) is 8.16.